The average molecular weight is 400 g/mol. The van der Waals surface area contributed by atoms with E-state index in [1.807, 2.05) is 6.07 Å². The molecule has 0 aromatic heterocycles. The number of amides is 1. The van der Waals surface area contributed by atoms with Crippen LogP contribution in [-0.2, 0) is 29.2 Å². The molecule has 1 aromatic carbocycles. The minimum Gasteiger partial charge on any atom is -0.460 e. The number of nitro benzene ring substituents is 1. The summed E-state index contributed by atoms with van der Waals surface area (Å²) >= 11 is 0. The molecule has 0 fully saturated rings. The fourth-order valence-corrected chi connectivity index (χ4v) is 3.47. The van der Waals surface area contributed by atoms with Gasteiger partial charge in [-0.05, 0) is 13.0 Å². The third-order valence-corrected chi connectivity index (χ3v) is 4.65. The van der Waals surface area contributed by atoms with E-state index in [2.05, 4.69) is 5.32 Å². The van der Waals surface area contributed by atoms with E-state index in [1.54, 1.807) is 0 Å². The maximum Gasteiger partial charge on any atom is 0.339 e. The van der Waals surface area contributed by atoms with E-state index in [1.165, 1.54) is 26.2 Å². The molecule has 1 aromatic rings. The molecule has 1 spiro atoms. The molecule has 3 N–H and O–H groups in total. The number of non-ortho nitro benzene ring substituents is 1. The second kappa shape index (κ2) is 7.25. The Morgan fingerprint density at radius 1 is 1.45 bits per heavy atom. The molecule has 0 aliphatic carbocycles. The maximum absolute atomic E-state index is 13.2. The Kier molecular flexibility index (Phi) is 4.96. The first kappa shape index (κ1) is 19.8. The lowest BCUT2D eigenvalue weighted by Crippen LogP contribution is -2.45. The molecular weight excluding hydrogens is 384 g/mol. The van der Waals surface area contributed by atoms with Crippen LogP contribution in [0.15, 0.2) is 41.0 Å². The molecule has 1 amide bonds. The van der Waals surface area contributed by atoms with Crippen LogP contribution in [0.1, 0.15) is 12.5 Å². The van der Waals surface area contributed by atoms with Gasteiger partial charge in [0.1, 0.15) is 29.6 Å². The van der Waals surface area contributed by atoms with E-state index in [0.29, 0.717) is 0 Å². The maximum atomic E-state index is 13.2. The number of benzene rings is 1. The predicted octanol–water partition coefficient (Wildman–Crippen LogP) is 0.972. The third-order valence-electron chi connectivity index (χ3n) is 4.65. The molecule has 0 bridgehead atoms. The minimum absolute atomic E-state index is 0.0394. The smallest absolute Gasteiger partial charge is 0.339 e. The van der Waals surface area contributed by atoms with Crippen molar-refractivity contribution in [2.75, 3.05) is 25.6 Å². The molecule has 2 heterocycles. The highest BCUT2D eigenvalue weighted by Crippen LogP contribution is 2.52. The van der Waals surface area contributed by atoms with Gasteiger partial charge in [0, 0.05) is 30.5 Å². The summed E-state index contributed by atoms with van der Waals surface area (Å²) in [5.41, 5.74) is 3.09. The Balaban J connectivity index is 2.29. The lowest BCUT2D eigenvalue weighted by molar-refractivity contribution is -0.384. The number of fused-ring (bicyclic) bond motifs is 2. The van der Waals surface area contributed by atoms with Gasteiger partial charge in [0.2, 0.25) is 11.8 Å². The van der Waals surface area contributed by atoms with Gasteiger partial charge in [-0.3, -0.25) is 14.9 Å². The largest absolute Gasteiger partial charge is 0.460 e. The molecule has 11 nitrogen and oxygen atoms in total. The van der Waals surface area contributed by atoms with Gasteiger partial charge in [-0.15, -0.1) is 0 Å². The molecule has 11 heteroatoms. The lowest BCUT2D eigenvalue weighted by atomic mass is 9.68. The fraction of sp³-hybridized carbons (Fsp3) is 0.278. The quantitative estimate of drug-likeness (QED) is 0.317. The first-order chi connectivity index (χ1) is 13.8. The number of nitriles is 1. The molecule has 1 atom stereocenters. The van der Waals surface area contributed by atoms with Crippen LogP contribution in [0.3, 0.4) is 0 Å². The molecule has 150 valence electrons. The van der Waals surface area contributed by atoms with Crippen molar-refractivity contribution in [3.05, 3.63) is 56.7 Å². The van der Waals surface area contributed by atoms with Gasteiger partial charge >= 0.3 is 5.97 Å². The number of hydrogen-bond donors (Lipinski definition) is 2. The molecule has 0 radical (unpaired) electrons. The Hall–Kier alpha value is -3.91. The molecule has 29 heavy (non-hydrogen) atoms. The standard InChI is InChI=1S/C18H16N4O7/c1-9-14(16(23)28-6-5-27-2)18(12(8-19)15(20)29-9)11-7-10(22(25)26)3-4-13(11)21-17(18)24/h3-4,7H,5-6,20H2,1-2H3,(H,21,24). The zero-order chi connectivity index (χ0) is 21.3. The summed E-state index contributed by atoms with van der Waals surface area (Å²) in [6, 6.07) is 5.46. The van der Waals surface area contributed by atoms with Crippen LogP contribution in [0.25, 0.3) is 0 Å². The zero-order valence-corrected chi connectivity index (χ0v) is 15.5. The van der Waals surface area contributed by atoms with Gasteiger partial charge in [-0.1, -0.05) is 0 Å². The van der Waals surface area contributed by atoms with E-state index in [9.17, 15) is 25.0 Å². The van der Waals surface area contributed by atoms with E-state index in [4.69, 9.17) is 19.9 Å². The van der Waals surface area contributed by atoms with Crippen molar-refractivity contribution in [1.82, 2.24) is 0 Å². The number of hydrogen-bond acceptors (Lipinski definition) is 9. The first-order valence-electron chi connectivity index (χ1n) is 8.35. The molecule has 3 rings (SSSR count). The summed E-state index contributed by atoms with van der Waals surface area (Å²) in [4.78, 5) is 36.7. The lowest BCUT2D eigenvalue weighted by Gasteiger charge is -2.33. The SMILES string of the molecule is COCCOC(=O)C1=C(C)OC(N)=C(C#N)C12C(=O)Nc1ccc([N+](=O)[O-])cc12. The van der Waals surface area contributed by atoms with Crippen molar-refractivity contribution in [1.29, 1.82) is 5.26 Å². The summed E-state index contributed by atoms with van der Waals surface area (Å²) in [5.74, 6) is -2.14. The average Bonchev–Trinajstić information content (AvgIpc) is 2.94. The number of anilines is 1. The minimum atomic E-state index is -2.04. The Morgan fingerprint density at radius 3 is 2.79 bits per heavy atom. The number of methoxy groups -OCH3 is 1. The van der Waals surface area contributed by atoms with Gasteiger partial charge in [0.05, 0.1) is 11.5 Å². The Labute approximate surface area is 164 Å². The van der Waals surface area contributed by atoms with E-state index in [0.717, 1.165) is 6.07 Å². The van der Waals surface area contributed by atoms with Crippen molar-refractivity contribution < 1.29 is 28.7 Å². The molecule has 0 saturated heterocycles. The number of esters is 1. The topological polar surface area (TPSA) is 167 Å². The third kappa shape index (κ3) is 2.86. The second-order valence-electron chi connectivity index (χ2n) is 6.20. The highest BCUT2D eigenvalue weighted by atomic mass is 16.6. The number of allylic oxidation sites excluding steroid dienone is 1. The molecular formula is C18H16N4O7. The van der Waals surface area contributed by atoms with Crippen LogP contribution in [0, 0.1) is 21.4 Å². The first-order valence-corrected chi connectivity index (χ1v) is 8.35. The molecule has 2 aliphatic rings. The summed E-state index contributed by atoms with van der Waals surface area (Å²) in [6.45, 7) is 1.37. The highest BCUT2D eigenvalue weighted by molar-refractivity contribution is 6.17. The van der Waals surface area contributed by atoms with Crippen LogP contribution in [0.2, 0.25) is 0 Å². The van der Waals surface area contributed by atoms with Crippen LogP contribution in [0.5, 0.6) is 0 Å². The number of ether oxygens (including phenoxy) is 3. The normalized spacial score (nSPS) is 20.1. The van der Waals surface area contributed by atoms with Gasteiger partial charge in [-0.2, -0.15) is 5.26 Å². The van der Waals surface area contributed by atoms with Crippen molar-refractivity contribution in [3.8, 4) is 6.07 Å². The van der Waals surface area contributed by atoms with Crippen LogP contribution in [0.4, 0.5) is 11.4 Å². The Bertz CT molecular complexity index is 1040. The summed E-state index contributed by atoms with van der Waals surface area (Å²) in [5, 5.41) is 23.6. The van der Waals surface area contributed by atoms with Crippen molar-refractivity contribution in [2.24, 2.45) is 5.73 Å². The highest BCUT2D eigenvalue weighted by Gasteiger charge is 2.60. The number of carbonyl (C=O) groups excluding carboxylic acids is 2. The number of rotatable bonds is 5. The predicted molar refractivity (Wildman–Crippen MR) is 96.9 cm³/mol. The Morgan fingerprint density at radius 2 is 2.17 bits per heavy atom. The van der Waals surface area contributed by atoms with Gasteiger partial charge < -0.3 is 25.3 Å². The summed E-state index contributed by atoms with van der Waals surface area (Å²) in [6.07, 6.45) is 0. The van der Waals surface area contributed by atoms with Crippen LogP contribution >= 0.6 is 0 Å². The second-order valence-corrected chi connectivity index (χ2v) is 6.20. The van der Waals surface area contributed by atoms with E-state index >= 15 is 0 Å². The number of nitro groups is 1. The summed E-state index contributed by atoms with van der Waals surface area (Å²) < 4.78 is 15.3. The molecule has 0 saturated carbocycles. The van der Waals surface area contributed by atoms with Crippen LogP contribution < -0.4 is 11.1 Å². The summed E-state index contributed by atoms with van der Waals surface area (Å²) in [7, 11) is 1.42. The number of nitrogens with one attached hydrogen (secondary N) is 1. The van der Waals surface area contributed by atoms with Crippen molar-refractivity contribution >= 4 is 23.3 Å². The van der Waals surface area contributed by atoms with E-state index < -0.39 is 22.2 Å². The van der Waals surface area contributed by atoms with Crippen LogP contribution in [-0.4, -0.2) is 37.1 Å². The fourth-order valence-electron chi connectivity index (χ4n) is 3.47. The van der Waals surface area contributed by atoms with Crippen molar-refractivity contribution in [3.63, 3.8) is 0 Å². The molecule has 2 aliphatic heterocycles. The molecule has 1 unspecified atom stereocenters. The van der Waals surface area contributed by atoms with Gasteiger partial charge in [0.15, 0.2) is 5.41 Å². The van der Waals surface area contributed by atoms with E-state index in [-0.39, 0.29) is 52.9 Å². The monoisotopic (exact) mass is 400 g/mol. The number of nitrogens with zero attached hydrogens (tertiary/aromatic N) is 2. The van der Waals surface area contributed by atoms with Gasteiger partial charge in [-0.25, -0.2) is 4.79 Å². The zero-order valence-electron chi connectivity index (χ0n) is 15.5. The van der Waals surface area contributed by atoms with Crippen molar-refractivity contribution in [2.45, 2.75) is 12.3 Å². The number of nitrogens with two attached hydrogens (primary N) is 1. The number of carbonyl (C=O) groups is 2. The van der Waals surface area contributed by atoms with Gasteiger partial charge in [0.25, 0.3) is 5.69 Å².